The second-order valence-electron chi connectivity index (χ2n) is 10.3. The Hall–Kier alpha value is -2.58. The zero-order valence-electron chi connectivity index (χ0n) is 24.7. The van der Waals surface area contributed by atoms with Gasteiger partial charge in [0.1, 0.15) is 0 Å². The molecule has 0 radical (unpaired) electrons. The van der Waals surface area contributed by atoms with E-state index in [-0.39, 0.29) is 29.5 Å². The van der Waals surface area contributed by atoms with Crippen molar-refractivity contribution in [3.05, 3.63) is 65.1 Å². The number of carbonyl (C=O) groups excluding carboxylic acids is 1. The number of para-hydroxylation sites is 1. The lowest BCUT2D eigenvalue weighted by atomic mass is 10.1. The minimum absolute atomic E-state index is 0. The third kappa shape index (κ3) is 13.8. The van der Waals surface area contributed by atoms with E-state index in [2.05, 4.69) is 22.3 Å². The number of hydrogen-bond acceptors (Lipinski definition) is 5. The summed E-state index contributed by atoms with van der Waals surface area (Å²) in [7, 11) is 1.61. The number of ether oxygens (including phenoxy) is 3. The van der Waals surface area contributed by atoms with Crippen LogP contribution in [0.1, 0.15) is 89.5 Å². The van der Waals surface area contributed by atoms with Crippen molar-refractivity contribution >= 4 is 22.9 Å². The number of carbonyl (C=O) groups is 1. The summed E-state index contributed by atoms with van der Waals surface area (Å²) < 4.78 is 19.5. The first-order chi connectivity index (χ1) is 19.7. The predicted molar refractivity (Wildman–Crippen MR) is 164 cm³/mol. The van der Waals surface area contributed by atoms with Crippen LogP contribution in [-0.4, -0.2) is 26.2 Å². The van der Waals surface area contributed by atoms with E-state index in [1.54, 1.807) is 18.4 Å². The maximum atomic E-state index is 12.6. The van der Waals surface area contributed by atoms with Gasteiger partial charge in [0.2, 0.25) is 11.3 Å². The van der Waals surface area contributed by atoms with Crippen LogP contribution in [0.25, 0.3) is 0 Å². The number of nitrogens with one attached hydrogen (secondary N) is 1. The average molecular weight is 648 g/mol. The van der Waals surface area contributed by atoms with E-state index in [1.807, 2.05) is 54.0 Å². The summed E-state index contributed by atoms with van der Waals surface area (Å²) in [5.74, 6) is 1.44. The van der Waals surface area contributed by atoms with Gasteiger partial charge in [-0.1, -0.05) is 107 Å². The molecule has 1 amide bonds. The molecule has 226 valence electrons. The molecule has 1 N–H and O–H groups in total. The Morgan fingerprint density at radius 2 is 1.46 bits per heavy atom. The molecule has 8 heteroatoms. The van der Waals surface area contributed by atoms with Gasteiger partial charge in [-0.15, -0.1) is 0 Å². The number of anilines is 1. The van der Waals surface area contributed by atoms with Crippen LogP contribution < -0.4 is 41.1 Å². The molecule has 0 aliphatic carbocycles. The molecule has 3 aromatic rings. The standard InChI is InChI=1S/C33H46N2O4S.BrH/c1-3-4-5-6-7-8-9-10-11-12-13-14-23-38-33-30(37-2)16-15-17-31(33)39-26-32(36)34-29-20-18-28(19-21-29)25-35-22-24-40-27-35;/h15-22,24,27H,3-14,23,25-26H2,1-2H3;1H. The summed E-state index contributed by atoms with van der Waals surface area (Å²) in [6.45, 7) is 3.55. The number of halogens is 1. The zero-order chi connectivity index (χ0) is 28.3. The topological polar surface area (TPSA) is 60.7 Å². The molecule has 2 aromatic carbocycles. The van der Waals surface area contributed by atoms with Crippen molar-refractivity contribution in [3.8, 4) is 17.2 Å². The molecule has 0 saturated carbocycles. The Kier molecular flexibility index (Phi) is 17.9. The molecule has 1 aromatic heterocycles. The molecule has 1 heterocycles. The molecular weight excluding hydrogens is 600 g/mol. The fourth-order valence-corrected chi connectivity index (χ4v) is 5.22. The summed E-state index contributed by atoms with van der Waals surface area (Å²) in [5, 5.41) is 4.95. The van der Waals surface area contributed by atoms with Gasteiger partial charge in [0, 0.05) is 11.3 Å². The van der Waals surface area contributed by atoms with Crippen LogP contribution in [0, 0.1) is 0 Å². The Morgan fingerprint density at radius 3 is 2.07 bits per heavy atom. The second kappa shape index (κ2) is 21.2. The highest BCUT2D eigenvalue weighted by atomic mass is 79.9. The van der Waals surface area contributed by atoms with E-state index < -0.39 is 0 Å². The van der Waals surface area contributed by atoms with Gasteiger partial charge in [-0.3, -0.25) is 4.79 Å². The number of amides is 1. The van der Waals surface area contributed by atoms with Crippen LogP contribution in [0.15, 0.2) is 59.6 Å². The van der Waals surface area contributed by atoms with Gasteiger partial charge >= 0.3 is 0 Å². The molecule has 0 spiro atoms. The first-order valence-electron chi connectivity index (χ1n) is 14.9. The summed E-state index contributed by atoms with van der Waals surface area (Å²) in [6.07, 6.45) is 17.7. The minimum atomic E-state index is -0.227. The molecule has 0 atom stereocenters. The van der Waals surface area contributed by atoms with E-state index in [1.165, 1.54) is 69.8 Å². The van der Waals surface area contributed by atoms with E-state index in [4.69, 9.17) is 14.2 Å². The molecule has 0 bridgehead atoms. The van der Waals surface area contributed by atoms with Crippen molar-refractivity contribution in [2.24, 2.45) is 0 Å². The Morgan fingerprint density at radius 1 is 0.829 bits per heavy atom. The van der Waals surface area contributed by atoms with Crippen LogP contribution in [0.2, 0.25) is 0 Å². The van der Waals surface area contributed by atoms with Gasteiger partial charge in [-0.25, -0.2) is 0 Å². The van der Waals surface area contributed by atoms with E-state index in [9.17, 15) is 4.79 Å². The Labute approximate surface area is 261 Å². The van der Waals surface area contributed by atoms with Crippen LogP contribution in [-0.2, 0) is 11.3 Å². The van der Waals surface area contributed by atoms with Crippen molar-refractivity contribution in [1.29, 1.82) is 0 Å². The fraction of sp³-hybridized carbons (Fsp3) is 0.515. The molecule has 6 nitrogen and oxygen atoms in total. The lowest BCUT2D eigenvalue weighted by Crippen LogP contribution is -3.00. The third-order valence-corrected chi connectivity index (χ3v) is 7.57. The van der Waals surface area contributed by atoms with Crippen molar-refractivity contribution < 1.29 is 40.6 Å². The average Bonchev–Trinajstić information content (AvgIpc) is 3.49. The van der Waals surface area contributed by atoms with Gasteiger partial charge in [0.25, 0.3) is 5.91 Å². The molecule has 0 aliphatic rings. The third-order valence-electron chi connectivity index (χ3n) is 6.90. The highest BCUT2D eigenvalue weighted by Crippen LogP contribution is 2.37. The van der Waals surface area contributed by atoms with Crippen LogP contribution in [0.4, 0.5) is 5.69 Å². The van der Waals surface area contributed by atoms with E-state index >= 15 is 0 Å². The maximum Gasteiger partial charge on any atom is 0.262 e. The number of thiazole rings is 1. The van der Waals surface area contributed by atoms with Crippen LogP contribution in [0.3, 0.4) is 0 Å². The number of rotatable bonds is 21. The highest BCUT2D eigenvalue weighted by Gasteiger charge is 2.14. The minimum Gasteiger partial charge on any atom is -1.00 e. The van der Waals surface area contributed by atoms with Gasteiger partial charge in [0.05, 0.1) is 19.1 Å². The summed E-state index contributed by atoms with van der Waals surface area (Å²) in [5.41, 5.74) is 3.98. The molecule has 0 aliphatic heterocycles. The van der Waals surface area contributed by atoms with Crippen molar-refractivity contribution in [1.82, 2.24) is 0 Å². The monoisotopic (exact) mass is 646 g/mol. The summed E-state index contributed by atoms with van der Waals surface area (Å²) in [6, 6.07) is 13.4. The number of nitrogens with zero attached hydrogens (tertiary/aromatic N) is 1. The number of methoxy groups -OCH3 is 1. The first kappa shape index (κ1) is 34.6. The molecule has 0 saturated heterocycles. The lowest BCUT2D eigenvalue weighted by molar-refractivity contribution is -0.683. The largest absolute Gasteiger partial charge is 1.00 e. The number of unbranched alkanes of at least 4 members (excludes halogenated alkanes) is 11. The van der Waals surface area contributed by atoms with Gasteiger partial charge < -0.3 is 36.5 Å². The van der Waals surface area contributed by atoms with Crippen molar-refractivity contribution in [3.63, 3.8) is 0 Å². The molecule has 0 unspecified atom stereocenters. The van der Waals surface area contributed by atoms with Crippen LogP contribution in [0.5, 0.6) is 17.2 Å². The summed E-state index contributed by atoms with van der Waals surface area (Å²) in [4.78, 5) is 12.6. The predicted octanol–water partition coefficient (Wildman–Crippen LogP) is 5.19. The van der Waals surface area contributed by atoms with Gasteiger partial charge in [-0.2, -0.15) is 4.57 Å². The van der Waals surface area contributed by atoms with Crippen LogP contribution >= 0.6 is 11.3 Å². The summed E-state index contributed by atoms with van der Waals surface area (Å²) >= 11 is 1.66. The maximum absolute atomic E-state index is 12.6. The quantitative estimate of drug-likeness (QED) is 0.128. The van der Waals surface area contributed by atoms with E-state index in [0.29, 0.717) is 23.9 Å². The fourth-order valence-electron chi connectivity index (χ4n) is 4.63. The zero-order valence-corrected chi connectivity index (χ0v) is 27.1. The Bertz CT molecular complexity index is 1090. The number of hydrogen-bond donors (Lipinski definition) is 1. The number of aromatic nitrogens is 1. The normalized spacial score (nSPS) is 10.6. The molecular formula is C33H47BrN2O4S. The first-order valence-corrected chi connectivity index (χ1v) is 15.9. The highest BCUT2D eigenvalue weighted by molar-refractivity contribution is 7.07. The SMILES string of the molecule is CCCCCCCCCCCCCCOc1c(OC)cccc1OCC(=O)Nc1ccc(C[n+]2ccsc2)cc1.[Br-]. The molecule has 3 rings (SSSR count). The van der Waals surface area contributed by atoms with Gasteiger partial charge in [0.15, 0.2) is 30.8 Å². The molecule has 0 fully saturated rings. The smallest absolute Gasteiger partial charge is 0.262 e. The second-order valence-corrected chi connectivity index (χ2v) is 11.0. The molecule has 41 heavy (non-hydrogen) atoms. The Balaban J connectivity index is 0.00000588. The van der Waals surface area contributed by atoms with Crippen molar-refractivity contribution in [2.45, 2.75) is 90.5 Å². The van der Waals surface area contributed by atoms with E-state index in [0.717, 1.165) is 25.1 Å². The number of benzene rings is 2. The van der Waals surface area contributed by atoms with Crippen molar-refractivity contribution in [2.75, 3.05) is 25.6 Å². The van der Waals surface area contributed by atoms with Gasteiger partial charge in [-0.05, 0) is 30.7 Å². The lowest BCUT2D eigenvalue weighted by Gasteiger charge is -2.15.